The van der Waals surface area contributed by atoms with Gasteiger partial charge in [-0.2, -0.15) is 0 Å². The van der Waals surface area contributed by atoms with E-state index in [1.165, 1.54) is 11.1 Å². The molecule has 6 heteroatoms. The van der Waals surface area contributed by atoms with Gasteiger partial charge in [-0.05, 0) is 18.2 Å². The smallest absolute Gasteiger partial charge is 0.156 e. The summed E-state index contributed by atoms with van der Waals surface area (Å²) in [5, 5.41) is 1.07. The number of benzene rings is 3. The van der Waals surface area contributed by atoms with Gasteiger partial charge in [0, 0.05) is 22.0 Å². The highest BCUT2D eigenvalue weighted by Gasteiger charge is 2.31. The fraction of sp³-hybridized carbons (Fsp3) is 0.214. The zero-order valence-corrected chi connectivity index (χ0v) is 19.2. The predicted molar refractivity (Wildman–Crippen MR) is 136 cm³/mol. The Bertz CT molecular complexity index is 1370. The molecule has 2 N–H and O–H groups in total. The van der Waals surface area contributed by atoms with E-state index >= 15 is 0 Å². The van der Waals surface area contributed by atoms with Crippen molar-refractivity contribution in [2.24, 2.45) is 0 Å². The number of piperazine rings is 1. The van der Waals surface area contributed by atoms with Crippen LogP contribution in [0.3, 0.4) is 0 Å². The van der Waals surface area contributed by atoms with E-state index in [4.69, 9.17) is 9.72 Å². The standard InChI is InChI=1S/C28H27N5O/c1-34-22-12-13-24-23(18-22)25-26(31-24)28(30-19-29-25)33-16-14-32(15-17-33)27(20-8-4-2-5-9-20)21-10-6-3-7-11-21/h2-13,18-19,27,31H,14-17H2,1H3/p+1. The third kappa shape index (κ3) is 3.66. The number of rotatable bonds is 5. The number of hydrogen-bond donors (Lipinski definition) is 2. The van der Waals surface area contributed by atoms with Crippen molar-refractivity contribution in [2.45, 2.75) is 6.04 Å². The van der Waals surface area contributed by atoms with E-state index in [9.17, 15) is 0 Å². The van der Waals surface area contributed by atoms with Gasteiger partial charge in [0.05, 0.1) is 33.3 Å². The van der Waals surface area contributed by atoms with E-state index in [0.717, 1.165) is 59.7 Å². The SMILES string of the molecule is COc1ccc2[nH]c3c(N4CC[NH+](C(c5ccccc5)c5ccccc5)CC4)ncnc3c2c1. The first kappa shape index (κ1) is 20.7. The molecule has 0 atom stereocenters. The summed E-state index contributed by atoms with van der Waals surface area (Å²) in [5.41, 5.74) is 5.73. The maximum Gasteiger partial charge on any atom is 0.156 e. The minimum Gasteiger partial charge on any atom is -0.497 e. The molecule has 0 bridgehead atoms. The van der Waals surface area contributed by atoms with Crippen LogP contribution >= 0.6 is 0 Å². The number of ether oxygens (including phenoxy) is 1. The van der Waals surface area contributed by atoms with Crippen LogP contribution in [0.25, 0.3) is 21.9 Å². The molecule has 0 spiro atoms. The fourth-order valence-corrected chi connectivity index (χ4v) is 5.27. The topological polar surface area (TPSA) is 58.5 Å². The van der Waals surface area contributed by atoms with Gasteiger partial charge in [-0.25, -0.2) is 9.97 Å². The molecule has 5 aromatic rings. The second kappa shape index (κ2) is 8.80. The Morgan fingerprint density at radius 1 is 0.882 bits per heavy atom. The second-order valence-corrected chi connectivity index (χ2v) is 8.86. The molecule has 1 fully saturated rings. The normalized spacial score (nSPS) is 14.8. The molecule has 0 radical (unpaired) electrons. The Labute approximate surface area is 198 Å². The van der Waals surface area contributed by atoms with Gasteiger partial charge in [0.25, 0.3) is 0 Å². The van der Waals surface area contributed by atoms with Crippen molar-refractivity contribution in [2.75, 3.05) is 38.2 Å². The number of fused-ring (bicyclic) bond motifs is 3. The lowest BCUT2D eigenvalue weighted by molar-refractivity contribution is -0.926. The van der Waals surface area contributed by atoms with Crippen molar-refractivity contribution >= 4 is 27.8 Å². The molecule has 6 nitrogen and oxygen atoms in total. The number of aromatic nitrogens is 3. The Morgan fingerprint density at radius 3 is 2.21 bits per heavy atom. The first-order chi connectivity index (χ1) is 16.8. The van der Waals surface area contributed by atoms with Gasteiger partial charge in [0.1, 0.15) is 29.2 Å². The van der Waals surface area contributed by atoms with E-state index in [0.29, 0.717) is 6.04 Å². The average Bonchev–Trinajstić information content (AvgIpc) is 3.29. The minimum absolute atomic E-state index is 0.329. The third-order valence-electron chi connectivity index (χ3n) is 6.95. The molecule has 6 rings (SSSR count). The monoisotopic (exact) mass is 450 g/mol. The summed E-state index contributed by atoms with van der Waals surface area (Å²) in [6.45, 7) is 3.95. The van der Waals surface area contributed by atoms with Crippen LogP contribution in [0.15, 0.2) is 85.2 Å². The molecule has 0 saturated carbocycles. The number of H-pyrrole nitrogens is 1. The molecule has 1 aliphatic heterocycles. The molecule has 0 amide bonds. The highest BCUT2D eigenvalue weighted by Crippen LogP contribution is 2.31. The van der Waals surface area contributed by atoms with Crippen LogP contribution in [0.5, 0.6) is 5.75 Å². The molecule has 0 aliphatic carbocycles. The molecule has 1 saturated heterocycles. The Kier molecular flexibility index (Phi) is 5.35. The summed E-state index contributed by atoms with van der Waals surface area (Å²) >= 11 is 0. The lowest BCUT2D eigenvalue weighted by Crippen LogP contribution is -3.15. The van der Waals surface area contributed by atoms with Crippen LogP contribution in [-0.2, 0) is 0 Å². The minimum atomic E-state index is 0.329. The summed E-state index contributed by atoms with van der Waals surface area (Å²) in [4.78, 5) is 16.8. The molecule has 170 valence electrons. The largest absolute Gasteiger partial charge is 0.497 e. The van der Waals surface area contributed by atoms with Gasteiger partial charge in [-0.15, -0.1) is 0 Å². The number of nitrogens with one attached hydrogen (secondary N) is 2. The molecule has 2 aromatic heterocycles. The van der Waals surface area contributed by atoms with E-state index in [-0.39, 0.29) is 0 Å². The number of hydrogen-bond acceptors (Lipinski definition) is 4. The van der Waals surface area contributed by atoms with Crippen LogP contribution < -0.4 is 14.5 Å². The molecule has 34 heavy (non-hydrogen) atoms. The number of aromatic amines is 1. The van der Waals surface area contributed by atoms with Crippen LogP contribution in [0, 0.1) is 0 Å². The van der Waals surface area contributed by atoms with Gasteiger partial charge in [-0.1, -0.05) is 60.7 Å². The number of quaternary nitrogens is 1. The maximum atomic E-state index is 5.42. The van der Waals surface area contributed by atoms with Crippen molar-refractivity contribution in [3.63, 3.8) is 0 Å². The predicted octanol–water partition coefficient (Wildman–Crippen LogP) is 3.61. The van der Waals surface area contributed by atoms with Crippen molar-refractivity contribution in [1.29, 1.82) is 0 Å². The molecule has 3 heterocycles. The van der Waals surface area contributed by atoms with Crippen LogP contribution in [0.4, 0.5) is 5.82 Å². The summed E-state index contributed by atoms with van der Waals surface area (Å²) in [7, 11) is 1.69. The quantitative estimate of drug-likeness (QED) is 0.430. The number of anilines is 1. The van der Waals surface area contributed by atoms with Crippen LogP contribution in [0.2, 0.25) is 0 Å². The van der Waals surface area contributed by atoms with Crippen molar-refractivity contribution in [1.82, 2.24) is 15.0 Å². The fourth-order valence-electron chi connectivity index (χ4n) is 5.27. The zero-order chi connectivity index (χ0) is 22.9. The first-order valence-electron chi connectivity index (χ1n) is 11.8. The number of methoxy groups -OCH3 is 1. The Morgan fingerprint density at radius 2 is 1.56 bits per heavy atom. The van der Waals surface area contributed by atoms with Gasteiger partial charge < -0.3 is 19.5 Å². The van der Waals surface area contributed by atoms with E-state index in [1.807, 2.05) is 18.2 Å². The first-order valence-corrected chi connectivity index (χ1v) is 11.8. The molecular weight excluding hydrogens is 422 g/mol. The second-order valence-electron chi connectivity index (χ2n) is 8.86. The van der Waals surface area contributed by atoms with Crippen molar-refractivity contribution in [3.05, 3.63) is 96.3 Å². The van der Waals surface area contributed by atoms with E-state index in [1.54, 1.807) is 18.3 Å². The lowest BCUT2D eigenvalue weighted by atomic mass is 9.96. The Hall–Kier alpha value is -3.90. The highest BCUT2D eigenvalue weighted by molar-refractivity contribution is 6.08. The molecule has 1 aliphatic rings. The summed E-state index contributed by atoms with van der Waals surface area (Å²) in [5.74, 6) is 1.81. The third-order valence-corrected chi connectivity index (χ3v) is 6.95. The summed E-state index contributed by atoms with van der Waals surface area (Å²) in [6.07, 6.45) is 1.68. The van der Waals surface area contributed by atoms with Crippen LogP contribution in [0.1, 0.15) is 17.2 Å². The maximum absolute atomic E-state index is 5.42. The Balaban J connectivity index is 1.30. The van der Waals surface area contributed by atoms with Crippen molar-refractivity contribution < 1.29 is 9.64 Å². The van der Waals surface area contributed by atoms with Gasteiger partial charge in [-0.3, -0.25) is 0 Å². The van der Waals surface area contributed by atoms with Crippen molar-refractivity contribution in [3.8, 4) is 5.75 Å². The zero-order valence-electron chi connectivity index (χ0n) is 19.2. The van der Waals surface area contributed by atoms with Gasteiger partial charge in [0.2, 0.25) is 0 Å². The highest BCUT2D eigenvalue weighted by atomic mass is 16.5. The molecule has 3 aromatic carbocycles. The summed E-state index contributed by atoms with van der Waals surface area (Å²) in [6, 6.07) is 28.2. The summed E-state index contributed by atoms with van der Waals surface area (Å²) < 4.78 is 5.42. The van der Waals surface area contributed by atoms with E-state index < -0.39 is 0 Å². The number of nitrogens with zero attached hydrogens (tertiary/aromatic N) is 3. The molecular formula is C28H28N5O+. The van der Waals surface area contributed by atoms with Crippen LogP contribution in [-0.4, -0.2) is 48.2 Å². The van der Waals surface area contributed by atoms with Gasteiger partial charge in [0.15, 0.2) is 5.82 Å². The average molecular weight is 451 g/mol. The lowest BCUT2D eigenvalue weighted by Gasteiger charge is -2.37. The molecule has 0 unspecified atom stereocenters. The van der Waals surface area contributed by atoms with Gasteiger partial charge >= 0.3 is 0 Å². The van der Waals surface area contributed by atoms with E-state index in [2.05, 4.69) is 75.5 Å².